The third kappa shape index (κ3) is 4.17. The van der Waals surface area contributed by atoms with Crippen molar-refractivity contribution in [3.8, 4) is 6.07 Å². The molecule has 0 aliphatic carbocycles. The number of nitriles is 1. The Morgan fingerprint density at radius 2 is 2.00 bits per heavy atom. The van der Waals surface area contributed by atoms with Crippen molar-refractivity contribution in [1.29, 1.82) is 5.26 Å². The largest absolute Gasteiger partial charge is 0.437 e. The molecule has 1 heterocycles. The summed E-state index contributed by atoms with van der Waals surface area (Å²) in [5.41, 5.74) is 3.06. The predicted molar refractivity (Wildman–Crippen MR) is 99.9 cm³/mol. The van der Waals surface area contributed by atoms with Crippen molar-refractivity contribution < 1.29 is 9.21 Å². The van der Waals surface area contributed by atoms with Crippen molar-refractivity contribution in [2.75, 3.05) is 6.54 Å². The molecule has 0 N–H and O–H groups in total. The number of fused-ring (bicyclic) bond motifs is 1. The Hall–Kier alpha value is -3.39. The Morgan fingerprint density at radius 3 is 2.69 bits per heavy atom. The molecule has 0 radical (unpaired) electrons. The normalized spacial score (nSPS) is 10.9. The van der Waals surface area contributed by atoms with Crippen LogP contribution in [0, 0.1) is 11.3 Å². The average molecular weight is 345 g/mol. The highest BCUT2D eigenvalue weighted by Crippen LogP contribution is 2.16. The second-order valence-corrected chi connectivity index (χ2v) is 5.92. The lowest BCUT2D eigenvalue weighted by Gasteiger charge is -2.20. The van der Waals surface area contributed by atoms with Crippen LogP contribution in [-0.4, -0.2) is 22.3 Å². The molecule has 0 aliphatic heterocycles. The van der Waals surface area contributed by atoms with Gasteiger partial charge in [0.2, 0.25) is 11.8 Å². The van der Waals surface area contributed by atoms with Gasteiger partial charge in [0.15, 0.2) is 5.58 Å². The molecule has 3 aromatic rings. The maximum absolute atomic E-state index is 12.6. The Bertz CT molecular complexity index is 932. The molecule has 0 saturated carbocycles. The zero-order valence-corrected chi connectivity index (χ0v) is 14.6. The van der Waals surface area contributed by atoms with E-state index < -0.39 is 0 Å². The summed E-state index contributed by atoms with van der Waals surface area (Å²) in [5.74, 6) is 0.313. The highest BCUT2D eigenvalue weighted by atomic mass is 16.3. The average Bonchev–Trinajstić information content (AvgIpc) is 3.09. The van der Waals surface area contributed by atoms with E-state index in [-0.39, 0.29) is 5.91 Å². The lowest BCUT2D eigenvalue weighted by molar-refractivity contribution is -0.126. The summed E-state index contributed by atoms with van der Waals surface area (Å²) >= 11 is 0. The van der Waals surface area contributed by atoms with Crippen LogP contribution in [0.3, 0.4) is 0 Å². The van der Waals surface area contributed by atoms with E-state index in [4.69, 9.17) is 9.68 Å². The molecule has 0 fully saturated rings. The van der Waals surface area contributed by atoms with Gasteiger partial charge in [-0.15, -0.1) is 0 Å². The number of hydrogen-bond acceptors (Lipinski definition) is 4. The van der Waals surface area contributed by atoms with Crippen molar-refractivity contribution in [2.24, 2.45) is 0 Å². The smallest absolute Gasteiger partial charge is 0.247 e. The van der Waals surface area contributed by atoms with E-state index in [0.29, 0.717) is 30.1 Å². The quantitative estimate of drug-likeness (QED) is 0.629. The van der Waals surface area contributed by atoms with Crippen molar-refractivity contribution in [2.45, 2.75) is 19.9 Å². The van der Waals surface area contributed by atoms with E-state index in [1.807, 2.05) is 43.3 Å². The summed E-state index contributed by atoms with van der Waals surface area (Å²) < 4.78 is 5.60. The summed E-state index contributed by atoms with van der Waals surface area (Å²) in [4.78, 5) is 18.7. The molecule has 130 valence electrons. The Kier molecular flexibility index (Phi) is 5.45. The Morgan fingerprint density at radius 1 is 1.23 bits per heavy atom. The number of rotatable bonds is 6. The van der Waals surface area contributed by atoms with Gasteiger partial charge in [-0.05, 0) is 36.2 Å². The van der Waals surface area contributed by atoms with Gasteiger partial charge in [0.1, 0.15) is 5.52 Å². The molecule has 26 heavy (non-hydrogen) atoms. The van der Waals surface area contributed by atoms with E-state index in [9.17, 15) is 4.79 Å². The Labute approximate surface area is 152 Å². The van der Waals surface area contributed by atoms with Crippen molar-refractivity contribution in [3.63, 3.8) is 0 Å². The van der Waals surface area contributed by atoms with E-state index in [1.54, 1.807) is 23.1 Å². The highest BCUT2D eigenvalue weighted by Gasteiger charge is 2.11. The van der Waals surface area contributed by atoms with E-state index in [1.165, 1.54) is 6.08 Å². The fourth-order valence-electron chi connectivity index (χ4n) is 2.65. The van der Waals surface area contributed by atoms with Gasteiger partial charge in [-0.1, -0.05) is 31.2 Å². The number of carbonyl (C=O) groups is 1. The molecule has 0 spiro atoms. The van der Waals surface area contributed by atoms with Gasteiger partial charge < -0.3 is 9.32 Å². The van der Waals surface area contributed by atoms with Crippen LogP contribution < -0.4 is 0 Å². The third-order valence-electron chi connectivity index (χ3n) is 3.94. The first-order valence-corrected chi connectivity index (χ1v) is 8.51. The van der Waals surface area contributed by atoms with E-state index >= 15 is 0 Å². The molecule has 3 rings (SSSR count). The number of hydrogen-bond donors (Lipinski definition) is 0. The van der Waals surface area contributed by atoms with Gasteiger partial charge in [0.25, 0.3) is 0 Å². The summed E-state index contributed by atoms with van der Waals surface area (Å²) in [6.07, 6.45) is 3.95. The number of oxazole rings is 1. The minimum atomic E-state index is -0.0986. The van der Waals surface area contributed by atoms with Crippen LogP contribution in [0.25, 0.3) is 17.2 Å². The van der Waals surface area contributed by atoms with Gasteiger partial charge >= 0.3 is 0 Å². The zero-order chi connectivity index (χ0) is 18.4. The molecule has 0 aliphatic rings. The number of benzene rings is 2. The molecule has 2 aromatic carbocycles. The molecular formula is C21H19N3O2. The van der Waals surface area contributed by atoms with Crippen LogP contribution in [-0.2, 0) is 11.3 Å². The summed E-state index contributed by atoms with van der Waals surface area (Å²) in [6, 6.07) is 16.9. The first-order valence-electron chi connectivity index (χ1n) is 8.51. The molecule has 1 aromatic heterocycles. The van der Waals surface area contributed by atoms with E-state index in [0.717, 1.165) is 17.5 Å². The van der Waals surface area contributed by atoms with Gasteiger partial charge in [-0.2, -0.15) is 5.26 Å². The molecule has 0 bridgehead atoms. The summed E-state index contributed by atoms with van der Waals surface area (Å²) in [6.45, 7) is 3.18. The van der Waals surface area contributed by atoms with Crippen LogP contribution in [0.15, 0.2) is 59.0 Å². The van der Waals surface area contributed by atoms with Crippen molar-refractivity contribution >= 4 is 23.1 Å². The van der Waals surface area contributed by atoms with Crippen LogP contribution in [0.2, 0.25) is 0 Å². The van der Waals surface area contributed by atoms with Crippen LogP contribution in [0.4, 0.5) is 0 Å². The number of carbonyl (C=O) groups excluding carboxylic acids is 1. The second kappa shape index (κ2) is 8.13. The molecule has 0 saturated heterocycles. The maximum Gasteiger partial charge on any atom is 0.247 e. The number of amides is 1. The van der Waals surface area contributed by atoms with Gasteiger partial charge in [-0.3, -0.25) is 4.79 Å². The van der Waals surface area contributed by atoms with Gasteiger partial charge in [0.05, 0.1) is 11.6 Å². The fourth-order valence-corrected chi connectivity index (χ4v) is 2.65. The predicted octanol–water partition coefficient (Wildman–Crippen LogP) is 4.15. The summed E-state index contributed by atoms with van der Waals surface area (Å²) in [5, 5.41) is 8.88. The van der Waals surface area contributed by atoms with E-state index in [2.05, 4.69) is 11.1 Å². The minimum Gasteiger partial charge on any atom is -0.437 e. The number of para-hydroxylation sites is 2. The molecular weight excluding hydrogens is 326 g/mol. The van der Waals surface area contributed by atoms with Crippen LogP contribution >= 0.6 is 0 Å². The minimum absolute atomic E-state index is 0.0986. The van der Waals surface area contributed by atoms with Gasteiger partial charge in [-0.25, -0.2) is 4.98 Å². The van der Waals surface area contributed by atoms with Crippen molar-refractivity contribution in [1.82, 2.24) is 9.88 Å². The molecule has 5 nitrogen and oxygen atoms in total. The molecule has 0 atom stereocenters. The van der Waals surface area contributed by atoms with Gasteiger partial charge in [0, 0.05) is 25.2 Å². The number of nitrogens with zero attached hydrogens (tertiary/aromatic N) is 3. The molecule has 0 unspecified atom stereocenters. The summed E-state index contributed by atoms with van der Waals surface area (Å²) in [7, 11) is 0. The highest BCUT2D eigenvalue weighted by molar-refractivity contribution is 5.91. The number of aromatic nitrogens is 1. The second-order valence-electron chi connectivity index (χ2n) is 5.92. The van der Waals surface area contributed by atoms with Crippen molar-refractivity contribution in [3.05, 3.63) is 71.6 Å². The molecule has 5 heteroatoms. The SMILES string of the molecule is CCCN(Cc1ccc(C#N)cc1)C(=O)/C=C/c1nc2ccccc2o1. The topological polar surface area (TPSA) is 70.1 Å². The maximum atomic E-state index is 12.6. The fraction of sp³-hybridized carbons (Fsp3) is 0.190. The Balaban J connectivity index is 1.71. The van der Waals surface area contributed by atoms with Crippen LogP contribution in [0.5, 0.6) is 0 Å². The monoisotopic (exact) mass is 345 g/mol. The standard InChI is InChI=1S/C21H19N3O2/c1-2-13-24(15-17-9-7-16(14-22)8-10-17)21(25)12-11-20-23-18-5-3-4-6-19(18)26-20/h3-12H,2,13,15H2,1H3/b12-11+. The first kappa shape index (κ1) is 17.4. The van der Waals surface area contributed by atoms with Crippen LogP contribution in [0.1, 0.15) is 30.4 Å². The third-order valence-corrected chi connectivity index (χ3v) is 3.94. The zero-order valence-electron chi connectivity index (χ0n) is 14.6. The lowest BCUT2D eigenvalue weighted by atomic mass is 10.1. The molecule has 1 amide bonds. The lowest BCUT2D eigenvalue weighted by Crippen LogP contribution is -2.29. The first-order chi connectivity index (χ1) is 12.7.